The summed E-state index contributed by atoms with van der Waals surface area (Å²) in [5, 5.41) is 17.8. The van der Waals surface area contributed by atoms with Crippen molar-refractivity contribution in [2.24, 2.45) is 0 Å². The summed E-state index contributed by atoms with van der Waals surface area (Å²) in [4.78, 5) is 21.0. The molecule has 2 unspecified atom stereocenters. The van der Waals surface area contributed by atoms with E-state index in [-0.39, 0.29) is 0 Å². The normalized spacial score (nSPS) is 14.0. The van der Waals surface area contributed by atoms with Gasteiger partial charge in [0.15, 0.2) is 0 Å². The highest BCUT2D eigenvalue weighted by atomic mass is 31.1. The van der Waals surface area contributed by atoms with Gasteiger partial charge >= 0.3 is 0 Å². The first-order valence-corrected chi connectivity index (χ1v) is 10.4. The smallest absolute Gasteiger partial charge is 0.211 e. The maximum absolute atomic E-state index is 11.4. The van der Waals surface area contributed by atoms with Gasteiger partial charge < -0.3 is 15.1 Å². The van der Waals surface area contributed by atoms with E-state index in [0.717, 1.165) is 19.3 Å². The van der Waals surface area contributed by atoms with Crippen LogP contribution in [0.25, 0.3) is 0 Å². The predicted octanol–water partition coefficient (Wildman–Crippen LogP) is 3.96. The third kappa shape index (κ3) is 12.5. The van der Waals surface area contributed by atoms with Crippen molar-refractivity contribution in [1.82, 2.24) is 0 Å². The van der Waals surface area contributed by atoms with Crippen LogP contribution in [0.1, 0.15) is 84.0 Å². The molecule has 0 saturated carbocycles. The van der Waals surface area contributed by atoms with Crippen LogP contribution in [-0.2, 0) is 4.79 Å². The van der Waals surface area contributed by atoms with E-state index in [9.17, 15) is 9.69 Å². The van der Waals surface area contributed by atoms with Gasteiger partial charge in [0.25, 0.3) is 0 Å². The van der Waals surface area contributed by atoms with Gasteiger partial charge in [-0.3, -0.25) is 4.79 Å². The number of aliphatic hydroxyl groups excluding tert-OH is 2. The van der Waals surface area contributed by atoms with Gasteiger partial charge in [0.05, 0.1) is 14.8 Å². The molecule has 0 aromatic rings. The van der Waals surface area contributed by atoms with E-state index in [1.807, 2.05) is 0 Å². The van der Waals surface area contributed by atoms with Gasteiger partial charge in [-0.05, 0) is 12.6 Å². The summed E-state index contributed by atoms with van der Waals surface area (Å²) in [7, 11) is -1.77. The fourth-order valence-electron chi connectivity index (χ4n) is 2.46. The Kier molecular flexibility index (Phi) is 15.8. The maximum Gasteiger partial charge on any atom is 0.211 e. The Morgan fingerprint density at radius 1 is 0.864 bits per heavy atom. The topological polar surface area (TPSA) is 77.8 Å². The minimum atomic E-state index is -1.77. The number of hydrogen-bond donors (Lipinski definition) is 3. The molecule has 0 amide bonds. The zero-order chi connectivity index (χ0) is 16.6. The fraction of sp³-hybridized carbons (Fsp3) is 0.941. The van der Waals surface area contributed by atoms with Crippen LogP contribution in [-0.4, -0.2) is 39.5 Å². The molecule has 0 aliphatic rings. The molecular formula is C17H35O4P. The molecule has 0 aromatic carbocycles. The molecule has 132 valence electrons. The molecule has 0 spiro atoms. The standard InChI is InChI=1S/C17H35O4P/c1-2-3-4-5-6-7-8-9-10-11-12-13-14-22(21)17(20)16(19)15-18/h16,18-19,21H,2-15H2,1H3. The van der Waals surface area contributed by atoms with Crippen molar-refractivity contribution in [2.45, 2.75) is 90.1 Å². The molecule has 0 aromatic heterocycles. The van der Waals surface area contributed by atoms with E-state index in [1.54, 1.807) is 0 Å². The van der Waals surface area contributed by atoms with E-state index < -0.39 is 26.4 Å². The minimum absolute atomic E-state index is 0.447. The lowest BCUT2D eigenvalue weighted by atomic mass is 10.1. The number of hydrogen-bond acceptors (Lipinski definition) is 4. The number of aliphatic hydroxyl groups is 2. The lowest BCUT2D eigenvalue weighted by Gasteiger charge is -2.12. The monoisotopic (exact) mass is 334 g/mol. The van der Waals surface area contributed by atoms with Crippen molar-refractivity contribution < 1.29 is 19.9 Å². The lowest BCUT2D eigenvalue weighted by molar-refractivity contribution is -0.121. The molecule has 0 aliphatic carbocycles. The van der Waals surface area contributed by atoms with Crippen LogP contribution in [0.3, 0.4) is 0 Å². The van der Waals surface area contributed by atoms with Crippen molar-refractivity contribution in [2.75, 3.05) is 12.8 Å². The van der Waals surface area contributed by atoms with Crippen LogP contribution in [0.15, 0.2) is 0 Å². The molecule has 2 atom stereocenters. The Bertz CT molecular complexity index is 261. The third-order valence-corrected chi connectivity index (χ3v) is 5.48. The van der Waals surface area contributed by atoms with Crippen molar-refractivity contribution in [3.05, 3.63) is 0 Å². The first kappa shape index (κ1) is 22.0. The number of carbonyl (C=O) groups is 1. The van der Waals surface area contributed by atoms with Crippen LogP contribution in [0, 0.1) is 0 Å². The second kappa shape index (κ2) is 15.9. The summed E-state index contributed by atoms with van der Waals surface area (Å²) in [6.45, 7) is 1.64. The Morgan fingerprint density at radius 3 is 1.68 bits per heavy atom. The summed E-state index contributed by atoms with van der Waals surface area (Å²) < 4.78 is 0. The third-order valence-electron chi connectivity index (χ3n) is 3.94. The number of carbonyl (C=O) groups excluding carboxylic acids is 1. The number of unbranched alkanes of at least 4 members (excludes halogenated alkanes) is 11. The van der Waals surface area contributed by atoms with Gasteiger partial charge in [0.2, 0.25) is 5.52 Å². The zero-order valence-electron chi connectivity index (χ0n) is 14.2. The van der Waals surface area contributed by atoms with Gasteiger partial charge in [-0.25, -0.2) is 0 Å². The summed E-state index contributed by atoms with van der Waals surface area (Å²) >= 11 is 0. The Balaban J connectivity index is 3.28. The highest BCUT2D eigenvalue weighted by Gasteiger charge is 2.22. The summed E-state index contributed by atoms with van der Waals surface area (Å²) in [6.07, 6.45) is 14.0. The van der Waals surface area contributed by atoms with Crippen molar-refractivity contribution in [3.63, 3.8) is 0 Å². The summed E-state index contributed by atoms with van der Waals surface area (Å²) in [5.41, 5.74) is -0.597. The van der Waals surface area contributed by atoms with Crippen LogP contribution < -0.4 is 0 Å². The molecule has 22 heavy (non-hydrogen) atoms. The molecule has 0 rings (SSSR count). The molecule has 0 bridgehead atoms. The molecule has 4 nitrogen and oxygen atoms in total. The largest absolute Gasteiger partial charge is 0.393 e. The van der Waals surface area contributed by atoms with E-state index in [0.29, 0.717) is 6.16 Å². The van der Waals surface area contributed by atoms with Gasteiger partial charge in [-0.1, -0.05) is 77.6 Å². The minimum Gasteiger partial charge on any atom is -0.393 e. The second-order valence-corrected chi connectivity index (χ2v) is 7.74. The maximum atomic E-state index is 11.4. The molecular weight excluding hydrogens is 299 g/mol. The average molecular weight is 334 g/mol. The Morgan fingerprint density at radius 2 is 1.27 bits per heavy atom. The molecule has 5 heteroatoms. The lowest BCUT2D eigenvalue weighted by Crippen LogP contribution is -2.23. The Labute approximate surface area is 137 Å². The predicted molar refractivity (Wildman–Crippen MR) is 93.2 cm³/mol. The first-order valence-electron chi connectivity index (χ1n) is 8.92. The average Bonchev–Trinajstić information content (AvgIpc) is 2.54. The summed E-state index contributed by atoms with van der Waals surface area (Å²) in [5.74, 6) is 0. The molecule has 3 N–H and O–H groups in total. The van der Waals surface area contributed by atoms with Gasteiger partial charge in [0, 0.05) is 0 Å². The highest BCUT2D eigenvalue weighted by molar-refractivity contribution is 7.69. The van der Waals surface area contributed by atoms with Crippen molar-refractivity contribution in [3.8, 4) is 0 Å². The van der Waals surface area contributed by atoms with E-state index in [1.165, 1.54) is 57.8 Å². The molecule has 0 radical (unpaired) electrons. The fourth-order valence-corrected chi connectivity index (χ4v) is 3.63. The second-order valence-electron chi connectivity index (χ2n) is 6.05. The summed E-state index contributed by atoms with van der Waals surface area (Å²) in [6, 6.07) is 0. The van der Waals surface area contributed by atoms with Gasteiger partial charge in [0.1, 0.15) is 6.10 Å². The van der Waals surface area contributed by atoms with E-state index in [4.69, 9.17) is 10.2 Å². The van der Waals surface area contributed by atoms with Crippen LogP contribution in [0.4, 0.5) is 0 Å². The zero-order valence-corrected chi connectivity index (χ0v) is 15.1. The quantitative estimate of drug-likeness (QED) is 0.295. The van der Waals surface area contributed by atoms with E-state index in [2.05, 4.69) is 6.92 Å². The number of rotatable bonds is 16. The molecule has 0 fully saturated rings. The first-order chi connectivity index (χ1) is 10.6. The van der Waals surface area contributed by atoms with Crippen LogP contribution in [0.2, 0.25) is 0 Å². The molecule has 0 saturated heterocycles. The van der Waals surface area contributed by atoms with Crippen molar-refractivity contribution in [1.29, 1.82) is 0 Å². The van der Waals surface area contributed by atoms with Crippen LogP contribution in [0.5, 0.6) is 0 Å². The van der Waals surface area contributed by atoms with Gasteiger partial charge in [-0.2, -0.15) is 0 Å². The van der Waals surface area contributed by atoms with Crippen LogP contribution >= 0.6 is 8.15 Å². The van der Waals surface area contributed by atoms with Crippen molar-refractivity contribution >= 4 is 13.7 Å². The van der Waals surface area contributed by atoms with Gasteiger partial charge in [-0.15, -0.1) is 0 Å². The van der Waals surface area contributed by atoms with E-state index >= 15 is 0 Å². The molecule has 0 aliphatic heterocycles. The Hall–Kier alpha value is -0.0200. The SMILES string of the molecule is CCCCCCCCCCCCCCP(O)C(=O)C(O)CO. The molecule has 0 heterocycles. The highest BCUT2D eigenvalue weighted by Crippen LogP contribution is 2.33.